The van der Waals surface area contributed by atoms with Gasteiger partial charge in [0.1, 0.15) is 12.1 Å². The highest BCUT2D eigenvalue weighted by Gasteiger charge is 2.50. The molecule has 4 atom stereocenters. The minimum Gasteiger partial charge on any atom is -0.381 e. The number of aliphatic hydroxyl groups is 1. The minimum atomic E-state index is -4.24. The third-order valence-corrected chi connectivity index (χ3v) is 13.0. The van der Waals surface area contributed by atoms with Crippen LogP contribution in [-0.2, 0) is 47.2 Å². The smallest absolute Gasteiger partial charge is 0.254 e. The van der Waals surface area contributed by atoms with Gasteiger partial charge in [-0.05, 0) is 66.8 Å². The van der Waals surface area contributed by atoms with Crippen LogP contribution in [0.3, 0.4) is 0 Å². The Hall–Kier alpha value is -4.28. The number of carbonyl (C=O) groups is 3. The van der Waals surface area contributed by atoms with Crippen molar-refractivity contribution in [3.05, 3.63) is 114 Å². The van der Waals surface area contributed by atoms with Crippen LogP contribution < -0.4 is 15.4 Å². The summed E-state index contributed by atoms with van der Waals surface area (Å²) in [5.41, 5.74) is 2.53. The van der Waals surface area contributed by atoms with Crippen molar-refractivity contribution in [2.75, 3.05) is 17.9 Å². The van der Waals surface area contributed by atoms with Gasteiger partial charge >= 0.3 is 0 Å². The van der Waals surface area contributed by atoms with E-state index >= 15 is 0 Å². The second-order valence-electron chi connectivity index (χ2n) is 13.7. The molecule has 15 heteroatoms. The molecule has 0 bridgehead atoms. The summed E-state index contributed by atoms with van der Waals surface area (Å²) in [6, 6.07) is 23.7. The molecule has 1 aliphatic rings. The lowest BCUT2D eigenvalue weighted by Gasteiger charge is -2.33. The maximum atomic E-state index is 14.1. The molecule has 3 amide bonds. The molecule has 282 valence electrons. The number of nitrogens with zero attached hydrogens (tertiary/aromatic N) is 1. The van der Waals surface area contributed by atoms with Gasteiger partial charge < -0.3 is 20.6 Å². The lowest BCUT2D eigenvalue weighted by Crippen LogP contribution is -2.60. The second kappa shape index (κ2) is 16.4. The summed E-state index contributed by atoms with van der Waals surface area (Å²) < 4.78 is 53.5. The minimum absolute atomic E-state index is 0.0724. The molecule has 0 spiro atoms. The van der Waals surface area contributed by atoms with E-state index in [0.29, 0.717) is 10.9 Å². The van der Waals surface area contributed by atoms with Gasteiger partial charge in [0.25, 0.3) is 5.91 Å². The molecule has 0 saturated carbocycles. The summed E-state index contributed by atoms with van der Waals surface area (Å²) in [5.74, 6) is -3.15. The van der Waals surface area contributed by atoms with Crippen molar-refractivity contribution in [2.45, 2.75) is 67.6 Å². The molecule has 4 aromatic rings. The molecule has 0 unspecified atom stereocenters. The van der Waals surface area contributed by atoms with Crippen molar-refractivity contribution >= 4 is 60.1 Å². The normalized spacial score (nSPS) is 17.5. The zero-order valence-electron chi connectivity index (χ0n) is 29.9. The number of sulfone groups is 1. The van der Waals surface area contributed by atoms with Crippen LogP contribution in [0.25, 0.3) is 10.8 Å². The van der Waals surface area contributed by atoms with E-state index in [1.54, 1.807) is 48.5 Å². The van der Waals surface area contributed by atoms with Gasteiger partial charge in [0.05, 0.1) is 28.8 Å². The number of benzene rings is 4. The van der Waals surface area contributed by atoms with Crippen molar-refractivity contribution in [3.63, 3.8) is 0 Å². The number of sulfonamides is 1. The summed E-state index contributed by atoms with van der Waals surface area (Å²) in [6.45, 7) is 5.82. The summed E-state index contributed by atoms with van der Waals surface area (Å²) in [6.07, 6.45) is -1.17. The summed E-state index contributed by atoms with van der Waals surface area (Å²) in [5, 5.41) is 18.6. The number of carbonyl (C=O) groups excluding carboxylic acids is 3. The van der Waals surface area contributed by atoms with E-state index in [-0.39, 0.29) is 23.7 Å². The Labute approximate surface area is 314 Å². The van der Waals surface area contributed by atoms with Crippen molar-refractivity contribution in [1.29, 1.82) is 0 Å². The molecule has 1 aliphatic heterocycles. The van der Waals surface area contributed by atoms with E-state index in [1.165, 1.54) is 28.8 Å². The SMILES string of the molecule is Cc1ccccc1CNC(=O)[C@H]1N(C(=O)[C@@H](O)[C@H](Cc2ccccc2)NC(=O)[C@@H](CS(=O)(=O)c2ccc3ccccc3c2)NS(C)(=O)=O)CSC1(C)C. The Balaban J connectivity index is 1.40. The lowest BCUT2D eigenvalue weighted by atomic mass is 9.97. The van der Waals surface area contributed by atoms with Crippen molar-refractivity contribution in [2.24, 2.45) is 0 Å². The highest BCUT2D eigenvalue weighted by atomic mass is 32.2. The number of fused-ring (bicyclic) bond motifs is 1. The first-order valence-corrected chi connectivity index (χ1v) is 21.5. The van der Waals surface area contributed by atoms with E-state index < -0.39 is 72.3 Å². The number of aryl methyl sites for hydroxylation is 1. The lowest BCUT2D eigenvalue weighted by molar-refractivity contribution is -0.147. The molecule has 4 aromatic carbocycles. The van der Waals surface area contributed by atoms with Crippen molar-refractivity contribution in [1.82, 2.24) is 20.3 Å². The quantitative estimate of drug-likeness (QED) is 0.150. The number of hydrogen-bond acceptors (Lipinski definition) is 9. The predicted octanol–water partition coefficient (Wildman–Crippen LogP) is 2.92. The van der Waals surface area contributed by atoms with Crippen LogP contribution in [0.5, 0.6) is 0 Å². The number of hydrogen-bond donors (Lipinski definition) is 4. The average molecular weight is 781 g/mol. The monoisotopic (exact) mass is 780 g/mol. The topological polar surface area (TPSA) is 179 Å². The molecule has 0 radical (unpaired) electrons. The van der Waals surface area contributed by atoms with Gasteiger partial charge in [0, 0.05) is 11.3 Å². The maximum Gasteiger partial charge on any atom is 0.254 e. The molecule has 0 aliphatic carbocycles. The Morgan fingerprint density at radius 3 is 2.23 bits per heavy atom. The van der Waals surface area contributed by atoms with E-state index in [1.807, 2.05) is 57.2 Å². The maximum absolute atomic E-state index is 14.1. The molecule has 1 saturated heterocycles. The Bertz CT molecular complexity index is 2200. The van der Waals surface area contributed by atoms with Gasteiger partial charge in [0.15, 0.2) is 15.9 Å². The first-order valence-electron chi connectivity index (χ1n) is 16.9. The van der Waals surface area contributed by atoms with Crippen LogP contribution >= 0.6 is 11.8 Å². The number of aliphatic hydroxyl groups excluding tert-OH is 1. The fourth-order valence-corrected chi connectivity index (χ4v) is 9.73. The van der Waals surface area contributed by atoms with Gasteiger partial charge in [-0.25, -0.2) is 21.6 Å². The zero-order chi connectivity index (χ0) is 38.6. The van der Waals surface area contributed by atoms with Gasteiger partial charge in [-0.3, -0.25) is 14.4 Å². The first-order chi connectivity index (χ1) is 24.9. The van der Waals surface area contributed by atoms with E-state index in [4.69, 9.17) is 0 Å². The predicted molar refractivity (Wildman–Crippen MR) is 206 cm³/mol. The molecule has 53 heavy (non-hydrogen) atoms. The zero-order valence-corrected chi connectivity index (χ0v) is 32.3. The summed E-state index contributed by atoms with van der Waals surface area (Å²) >= 11 is 1.36. The van der Waals surface area contributed by atoms with E-state index in [2.05, 4.69) is 15.4 Å². The third kappa shape index (κ3) is 10.0. The number of nitrogens with one attached hydrogen (secondary N) is 3. The fourth-order valence-electron chi connectivity index (χ4n) is 6.33. The van der Waals surface area contributed by atoms with Crippen LogP contribution in [0.2, 0.25) is 0 Å². The first kappa shape index (κ1) is 39.9. The van der Waals surface area contributed by atoms with E-state index in [9.17, 15) is 36.3 Å². The van der Waals surface area contributed by atoms with Gasteiger partial charge in [-0.1, -0.05) is 84.9 Å². The van der Waals surface area contributed by atoms with Crippen molar-refractivity contribution < 1.29 is 36.3 Å². The molecule has 1 fully saturated rings. The number of thioether (sulfide) groups is 1. The molecular formula is C38H44N4O8S3. The second-order valence-corrected chi connectivity index (χ2v) is 19.1. The molecule has 1 heterocycles. The average Bonchev–Trinajstić information content (AvgIpc) is 3.44. The van der Waals surface area contributed by atoms with Crippen LogP contribution in [0, 0.1) is 6.92 Å². The largest absolute Gasteiger partial charge is 0.381 e. The number of rotatable bonds is 14. The molecular weight excluding hydrogens is 737 g/mol. The van der Waals surface area contributed by atoms with Gasteiger partial charge in [-0.2, -0.15) is 0 Å². The van der Waals surface area contributed by atoms with Crippen LogP contribution in [-0.4, -0.2) is 91.4 Å². The highest BCUT2D eigenvalue weighted by Crippen LogP contribution is 2.40. The summed E-state index contributed by atoms with van der Waals surface area (Å²) in [7, 11) is -8.36. The van der Waals surface area contributed by atoms with E-state index in [0.717, 1.165) is 22.8 Å². The molecule has 0 aromatic heterocycles. The Kier molecular flexibility index (Phi) is 12.3. The highest BCUT2D eigenvalue weighted by molar-refractivity contribution is 8.00. The number of amides is 3. The van der Waals surface area contributed by atoms with Crippen LogP contribution in [0.1, 0.15) is 30.5 Å². The Morgan fingerprint density at radius 1 is 0.906 bits per heavy atom. The van der Waals surface area contributed by atoms with Gasteiger partial charge in [0.2, 0.25) is 21.8 Å². The Morgan fingerprint density at radius 2 is 1.55 bits per heavy atom. The fraction of sp³-hybridized carbons (Fsp3) is 0.342. The molecule has 4 N–H and O–H groups in total. The standard InChI is InChI=1S/C38H44N4O8S3/c1-25-12-8-9-17-29(25)22-39-36(45)34-38(2,3)51-24-42(34)37(46)33(43)31(20-26-13-6-5-7-14-26)40-35(44)32(41-52(4,47)48)23-53(49,50)30-19-18-27-15-10-11-16-28(27)21-30/h5-19,21,31-34,41,43H,20,22-24H2,1-4H3,(H,39,45)(H,40,44)/t31-,32+,33-,34+/m0/s1. The van der Waals surface area contributed by atoms with Crippen molar-refractivity contribution in [3.8, 4) is 0 Å². The van der Waals surface area contributed by atoms with Gasteiger partial charge in [-0.15, -0.1) is 11.8 Å². The van der Waals surface area contributed by atoms with Crippen LogP contribution in [0.4, 0.5) is 0 Å². The third-order valence-electron chi connectivity index (χ3n) is 9.19. The molecule has 12 nitrogen and oxygen atoms in total. The molecule has 5 rings (SSSR count). The summed E-state index contributed by atoms with van der Waals surface area (Å²) in [4.78, 5) is 42.9. The van der Waals surface area contributed by atoms with Crippen LogP contribution in [0.15, 0.2) is 102 Å².